The van der Waals surface area contributed by atoms with Crippen molar-refractivity contribution in [3.8, 4) is 17.7 Å². The lowest BCUT2D eigenvalue weighted by Gasteiger charge is -2.03. The molecule has 0 radical (unpaired) electrons. The Morgan fingerprint density at radius 2 is 2.12 bits per heavy atom. The molecule has 0 saturated heterocycles. The van der Waals surface area contributed by atoms with Gasteiger partial charge in [-0.15, -0.1) is 0 Å². The number of nitrogens with zero attached hydrogens (tertiary/aromatic N) is 3. The largest absolute Gasteiger partial charge is 0.439 e. The van der Waals surface area contributed by atoms with Crippen LogP contribution in [-0.4, -0.2) is 9.97 Å². The molecule has 0 fully saturated rings. The minimum Gasteiger partial charge on any atom is -0.439 e. The minimum absolute atomic E-state index is 0.307. The molecule has 2 aromatic rings. The molecule has 1 heterocycles. The van der Waals surface area contributed by atoms with E-state index in [0.717, 1.165) is 0 Å². The molecule has 0 bridgehead atoms. The molecule has 2 rings (SSSR count). The van der Waals surface area contributed by atoms with E-state index in [-0.39, 0.29) is 0 Å². The summed E-state index contributed by atoms with van der Waals surface area (Å²) >= 11 is 5.69. The van der Waals surface area contributed by atoms with Crippen LogP contribution in [-0.2, 0) is 0 Å². The Morgan fingerprint density at radius 3 is 2.88 bits per heavy atom. The Kier molecular flexibility index (Phi) is 2.99. The highest BCUT2D eigenvalue weighted by atomic mass is 35.5. The van der Waals surface area contributed by atoms with E-state index in [1.54, 1.807) is 24.3 Å². The Bertz CT molecular complexity index is 551. The number of ether oxygens (including phenoxy) is 1. The van der Waals surface area contributed by atoms with Crippen molar-refractivity contribution in [3.05, 3.63) is 47.4 Å². The highest BCUT2D eigenvalue weighted by Gasteiger charge is 2.00. The first-order valence-corrected chi connectivity index (χ1v) is 4.81. The standard InChI is InChI=1S/C11H6ClN3O/c12-10-5-11(15-7-14-10)16-9-3-1-2-8(4-9)6-13/h1-5,7H. The van der Waals surface area contributed by atoms with Crippen molar-refractivity contribution < 1.29 is 4.74 Å². The highest BCUT2D eigenvalue weighted by Crippen LogP contribution is 2.21. The van der Waals surface area contributed by atoms with Gasteiger partial charge in [0.2, 0.25) is 5.88 Å². The van der Waals surface area contributed by atoms with E-state index < -0.39 is 0 Å². The van der Waals surface area contributed by atoms with Crippen molar-refractivity contribution in [3.63, 3.8) is 0 Å². The molecular formula is C11H6ClN3O. The van der Waals surface area contributed by atoms with E-state index in [1.165, 1.54) is 12.4 Å². The molecular weight excluding hydrogens is 226 g/mol. The molecule has 0 unspecified atom stereocenters. The predicted octanol–water partition coefficient (Wildman–Crippen LogP) is 2.79. The van der Waals surface area contributed by atoms with Crippen LogP contribution in [0.25, 0.3) is 0 Å². The second-order valence-corrected chi connectivity index (χ2v) is 3.31. The van der Waals surface area contributed by atoms with E-state index in [1.807, 2.05) is 6.07 Å². The number of halogens is 1. The van der Waals surface area contributed by atoms with Gasteiger partial charge in [0.05, 0.1) is 11.6 Å². The summed E-state index contributed by atoms with van der Waals surface area (Å²) < 4.78 is 5.42. The lowest BCUT2D eigenvalue weighted by molar-refractivity contribution is 0.461. The van der Waals surface area contributed by atoms with E-state index in [9.17, 15) is 0 Å². The van der Waals surface area contributed by atoms with Crippen molar-refractivity contribution >= 4 is 11.6 Å². The van der Waals surface area contributed by atoms with E-state index in [4.69, 9.17) is 21.6 Å². The zero-order valence-electron chi connectivity index (χ0n) is 8.09. The average molecular weight is 232 g/mol. The Labute approximate surface area is 97.1 Å². The maximum atomic E-state index is 8.72. The summed E-state index contributed by atoms with van der Waals surface area (Å²) in [5.41, 5.74) is 0.526. The van der Waals surface area contributed by atoms with Gasteiger partial charge < -0.3 is 4.74 Å². The highest BCUT2D eigenvalue weighted by molar-refractivity contribution is 6.29. The lowest BCUT2D eigenvalue weighted by Crippen LogP contribution is -1.89. The fourth-order valence-corrected chi connectivity index (χ4v) is 1.26. The van der Waals surface area contributed by atoms with E-state index >= 15 is 0 Å². The van der Waals surface area contributed by atoms with Crippen LogP contribution >= 0.6 is 11.6 Å². The fraction of sp³-hybridized carbons (Fsp3) is 0. The lowest BCUT2D eigenvalue weighted by atomic mass is 10.2. The van der Waals surface area contributed by atoms with Gasteiger partial charge in [0.15, 0.2) is 0 Å². The smallest absolute Gasteiger partial charge is 0.223 e. The number of aromatic nitrogens is 2. The van der Waals surface area contributed by atoms with Gasteiger partial charge in [-0.3, -0.25) is 0 Å². The molecule has 0 spiro atoms. The van der Waals surface area contributed by atoms with Gasteiger partial charge in [-0.05, 0) is 18.2 Å². The van der Waals surface area contributed by atoms with Crippen LogP contribution in [0, 0.1) is 11.3 Å². The third-order valence-electron chi connectivity index (χ3n) is 1.79. The van der Waals surface area contributed by atoms with Crippen molar-refractivity contribution in [1.29, 1.82) is 5.26 Å². The van der Waals surface area contributed by atoms with Crippen molar-refractivity contribution in [1.82, 2.24) is 9.97 Å². The van der Waals surface area contributed by atoms with Gasteiger partial charge in [0.1, 0.15) is 17.2 Å². The first kappa shape index (κ1) is 10.4. The van der Waals surface area contributed by atoms with Gasteiger partial charge >= 0.3 is 0 Å². The first-order chi connectivity index (χ1) is 7.78. The number of benzene rings is 1. The maximum absolute atomic E-state index is 8.72. The molecule has 0 aliphatic rings. The van der Waals surface area contributed by atoms with Gasteiger partial charge in [0.25, 0.3) is 0 Å². The van der Waals surface area contributed by atoms with Gasteiger partial charge in [-0.25, -0.2) is 9.97 Å². The second-order valence-electron chi connectivity index (χ2n) is 2.92. The molecule has 0 aliphatic heterocycles. The molecule has 5 heteroatoms. The number of hydrogen-bond acceptors (Lipinski definition) is 4. The Morgan fingerprint density at radius 1 is 1.25 bits per heavy atom. The summed E-state index contributed by atoms with van der Waals surface area (Å²) in [4.78, 5) is 7.63. The van der Waals surface area contributed by atoms with Crippen LogP contribution in [0.5, 0.6) is 11.6 Å². The number of hydrogen-bond donors (Lipinski definition) is 0. The third kappa shape index (κ3) is 2.47. The summed E-state index contributed by atoms with van der Waals surface area (Å²) in [5.74, 6) is 0.879. The van der Waals surface area contributed by atoms with E-state index in [2.05, 4.69) is 9.97 Å². The van der Waals surface area contributed by atoms with Gasteiger partial charge in [-0.2, -0.15) is 5.26 Å². The molecule has 0 N–H and O–H groups in total. The van der Waals surface area contributed by atoms with Crippen LogP contribution in [0.4, 0.5) is 0 Å². The fourth-order valence-electron chi connectivity index (χ4n) is 1.12. The van der Waals surface area contributed by atoms with Gasteiger partial charge in [0, 0.05) is 6.07 Å². The summed E-state index contributed by atoms with van der Waals surface area (Å²) in [7, 11) is 0. The summed E-state index contributed by atoms with van der Waals surface area (Å²) in [5, 5.41) is 9.03. The molecule has 0 aliphatic carbocycles. The van der Waals surface area contributed by atoms with Gasteiger partial charge in [-0.1, -0.05) is 17.7 Å². The summed E-state index contributed by atoms with van der Waals surface area (Å²) in [6.45, 7) is 0. The second kappa shape index (κ2) is 4.60. The quantitative estimate of drug-likeness (QED) is 0.746. The molecule has 0 atom stereocenters. The van der Waals surface area contributed by atoms with Crippen molar-refractivity contribution in [2.75, 3.05) is 0 Å². The van der Waals surface area contributed by atoms with Crippen LogP contribution < -0.4 is 4.74 Å². The molecule has 4 nitrogen and oxygen atoms in total. The van der Waals surface area contributed by atoms with Crippen LogP contribution in [0.1, 0.15) is 5.56 Å². The maximum Gasteiger partial charge on any atom is 0.223 e. The molecule has 1 aromatic heterocycles. The van der Waals surface area contributed by atoms with Crippen molar-refractivity contribution in [2.45, 2.75) is 0 Å². The minimum atomic E-state index is 0.307. The molecule has 78 valence electrons. The third-order valence-corrected chi connectivity index (χ3v) is 2.00. The predicted molar refractivity (Wildman–Crippen MR) is 58.3 cm³/mol. The average Bonchev–Trinajstić information content (AvgIpc) is 2.29. The van der Waals surface area contributed by atoms with E-state index in [0.29, 0.717) is 22.3 Å². The normalized spacial score (nSPS) is 9.50. The van der Waals surface area contributed by atoms with Crippen LogP contribution in [0.2, 0.25) is 5.15 Å². The molecule has 0 saturated carbocycles. The summed E-state index contributed by atoms with van der Waals surface area (Å²) in [6, 6.07) is 10.3. The number of rotatable bonds is 2. The topological polar surface area (TPSA) is 58.8 Å². The molecule has 16 heavy (non-hydrogen) atoms. The molecule has 0 amide bonds. The SMILES string of the molecule is N#Cc1cccc(Oc2cc(Cl)ncn2)c1. The monoisotopic (exact) mass is 231 g/mol. The Balaban J connectivity index is 2.24. The zero-order valence-corrected chi connectivity index (χ0v) is 8.85. The first-order valence-electron chi connectivity index (χ1n) is 4.43. The zero-order chi connectivity index (χ0) is 11.4. The van der Waals surface area contributed by atoms with Crippen molar-refractivity contribution in [2.24, 2.45) is 0 Å². The summed E-state index contributed by atoms with van der Waals surface area (Å²) in [6.07, 6.45) is 1.31. The molecule has 1 aromatic carbocycles. The van der Waals surface area contributed by atoms with Crippen LogP contribution in [0.15, 0.2) is 36.7 Å². The number of nitriles is 1. The Hall–Kier alpha value is -2.12. The van der Waals surface area contributed by atoms with Crippen LogP contribution in [0.3, 0.4) is 0 Å².